The monoisotopic (exact) mass is 264 g/mol. The van der Waals surface area contributed by atoms with Crippen LogP contribution in [0, 0.1) is 12.7 Å². The van der Waals surface area contributed by atoms with Crippen molar-refractivity contribution in [2.45, 2.75) is 6.92 Å². The Morgan fingerprint density at radius 3 is 2.83 bits per heavy atom. The molecular weight excluding hydrogens is 255 g/mol. The van der Waals surface area contributed by atoms with Gasteiger partial charge in [0.05, 0.1) is 16.3 Å². The molecule has 0 aliphatic heterocycles. The Morgan fingerprint density at radius 1 is 1.39 bits per heavy atom. The number of hydrogen-bond acceptors (Lipinski definition) is 2. The van der Waals surface area contributed by atoms with E-state index in [0.717, 1.165) is 0 Å². The Hall–Kier alpha value is -1.94. The molecule has 2 rings (SSSR count). The highest BCUT2D eigenvalue weighted by Gasteiger charge is 2.13. The van der Waals surface area contributed by atoms with Crippen molar-refractivity contribution in [2.75, 3.05) is 5.32 Å². The summed E-state index contributed by atoms with van der Waals surface area (Å²) < 4.78 is 13.6. The normalized spacial score (nSPS) is 10.2. The fourth-order valence-electron chi connectivity index (χ4n) is 1.52. The molecule has 0 atom stereocenters. The van der Waals surface area contributed by atoms with Gasteiger partial charge < -0.3 is 5.32 Å². The Balaban J connectivity index is 2.30. The average Bonchev–Trinajstić information content (AvgIpc) is 2.34. The SMILES string of the molecule is Cc1cccc(F)c1NC(=O)c1cnccc1Cl. The number of rotatable bonds is 2. The van der Waals surface area contributed by atoms with Gasteiger partial charge in [-0.3, -0.25) is 9.78 Å². The van der Waals surface area contributed by atoms with Crippen molar-refractivity contribution < 1.29 is 9.18 Å². The molecule has 1 amide bonds. The fourth-order valence-corrected chi connectivity index (χ4v) is 1.71. The van der Waals surface area contributed by atoms with E-state index in [2.05, 4.69) is 10.3 Å². The van der Waals surface area contributed by atoms with Gasteiger partial charge in [-0.25, -0.2) is 4.39 Å². The number of nitrogens with one attached hydrogen (secondary N) is 1. The van der Waals surface area contributed by atoms with E-state index in [1.807, 2.05) is 0 Å². The van der Waals surface area contributed by atoms with Crippen LogP contribution in [0.4, 0.5) is 10.1 Å². The van der Waals surface area contributed by atoms with Crippen LogP contribution in [0.5, 0.6) is 0 Å². The van der Waals surface area contributed by atoms with E-state index in [9.17, 15) is 9.18 Å². The topological polar surface area (TPSA) is 42.0 Å². The van der Waals surface area contributed by atoms with E-state index in [4.69, 9.17) is 11.6 Å². The van der Waals surface area contributed by atoms with Crippen molar-refractivity contribution in [3.05, 3.63) is 58.6 Å². The van der Waals surface area contributed by atoms with Crippen molar-refractivity contribution in [3.8, 4) is 0 Å². The lowest BCUT2D eigenvalue weighted by Crippen LogP contribution is -2.14. The molecule has 0 bridgehead atoms. The van der Waals surface area contributed by atoms with E-state index in [-0.39, 0.29) is 16.3 Å². The molecule has 0 saturated carbocycles. The first-order valence-electron chi connectivity index (χ1n) is 5.25. The molecule has 0 radical (unpaired) electrons. The summed E-state index contributed by atoms with van der Waals surface area (Å²) in [6.45, 7) is 1.71. The minimum absolute atomic E-state index is 0.155. The second-order valence-corrected chi connectivity index (χ2v) is 4.15. The van der Waals surface area contributed by atoms with E-state index < -0.39 is 11.7 Å². The fraction of sp³-hybridized carbons (Fsp3) is 0.0769. The molecule has 0 spiro atoms. The zero-order valence-electron chi connectivity index (χ0n) is 9.58. The van der Waals surface area contributed by atoms with Crippen molar-refractivity contribution in [1.29, 1.82) is 0 Å². The van der Waals surface area contributed by atoms with E-state index >= 15 is 0 Å². The second kappa shape index (κ2) is 5.14. The lowest BCUT2D eigenvalue weighted by Gasteiger charge is -2.09. The van der Waals surface area contributed by atoms with Gasteiger partial charge in [0.25, 0.3) is 5.91 Å². The number of carbonyl (C=O) groups excluding carboxylic acids is 1. The summed E-state index contributed by atoms with van der Waals surface area (Å²) in [6, 6.07) is 6.08. The first kappa shape index (κ1) is 12.5. The number of pyridine rings is 1. The molecule has 1 aromatic carbocycles. The number of aromatic nitrogens is 1. The number of hydrogen-bond donors (Lipinski definition) is 1. The number of nitrogens with zero attached hydrogens (tertiary/aromatic N) is 1. The minimum Gasteiger partial charge on any atom is -0.319 e. The number of para-hydroxylation sites is 1. The molecule has 1 N–H and O–H groups in total. The van der Waals surface area contributed by atoms with Crippen LogP contribution in [0.1, 0.15) is 15.9 Å². The Morgan fingerprint density at radius 2 is 2.17 bits per heavy atom. The molecule has 3 nitrogen and oxygen atoms in total. The summed E-state index contributed by atoms with van der Waals surface area (Å²) in [7, 11) is 0. The molecule has 0 fully saturated rings. The van der Waals surface area contributed by atoms with Crippen LogP contribution < -0.4 is 5.32 Å². The standard InChI is InChI=1S/C13H10ClFN2O/c1-8-3-2-4-11(15)12(8)17-13(18)9-7-16-6-5-10(9)14/h2-7H,1H3,(H,17,18). The van der Waals surface area contributed by atoms with E-state index in [1.165, 1.54) is 24.5 Å². The molecule has 0 aliphatic rings. The number of carbonyl (C=O) groups is 1. The number of benzene rings is 1. The highest BCUT2D eigenvalue weighted by molar-refractivity contribution is 6.34. The quantitative estimate of drug-likeness (QED) is 0.903. The lowest BCUT2D eigenvalue weighted by molar-refractivity contribution is 0.102. The highest BCUT2D eigenvalue weighted by Crippen LogP contribution is 2.21. The molecule has 0 saturated heterocycles. The van der Waals surface area contributed by atoms with Gasteiger partial charge in [0.2, 0.25) is 0 Å². The van der Waals surface area contributed by atoms with Gasteiger partial charge in [-0.05, 0) is 24.6 Å². The predicted molar refractivity (Wildman–Crippen MR) is 68.3 cm³/mol. The van der Waals surface area contributed by atoms with Crippen LogP contribution in [0.2, 0.25) is 5.02 Å². The van der Waals surface area contributed by atoms with Crippen LogP contribution in [0.3, 0.4) is 0 Å². The number of aryl methyl sites for hydroxylation is 1. The summed E-state index contributed by atoms with van der Waals surface area (Å²) >= 11 is 5.87. The molecule has 18 heavy (non-hydrogen) atoms. The van der Waals surface area contributed by atoms with Gasteiger partial charge in [0.1, 0.15) is 5.82 Å². The largest absolute Gasteiger partial charge is 0.319 e. The first-order chi connectivity index (χ1) is 8.59. The Kier molecular flexibility index (Phi) is 3.58. The van der Waals surface area contributed by atoms with Gasteiger partial charge in [-0.15, -0.1) is 0 Å². The van der Waals surface area contributed by atoms with E-state index in [0.29, 0.717) is 5.56 Å². The third-order valence-electron chi connectivity index (χ3n) is 2.47. The maximum absolute atomic E-state index is 13.6. The van der Waals surface area contributed by atoms with Gasteiger partial charge in [-0.2, -0.15) is 0 Å². The van der Waals surface area contributed by atoms with Gasteiger partial charge >= 0.3 is 0 Å². The number of amides is 1. The van der Waals surface area contributed by atoms with Crippen molar-refractivity contribution in [1.82, 2.24) is 4.98 Å². The molecule has 1 aromatic heterocycles. The number of anilines is 1. The molecule has 2 aromatic rings. The zero-order valence-corrected chi connectivity index (χ0v) is 10.3. The summed E-state index contributed by atoms with van der Waals surface area (Å²) in [5, 5.41) is 2.77. The molecule has 1 heterocycles. The zero-order chi connectivity index (χ0) is 13.1. The maximum Gasteiger partial charge on any atom is 0.258 e. The van der Waals surface area contributed by atoms with Crippen molar-refractivity contribution in [2.24, 2.45) is 0 Å². The summed E-state index contributed by atoms with van der Waals surface area (Å²) in [6.07, 6.45) is 2.82. The summed E-state index contributed by atoms with van der Waals surface area (Å²) in [4.78, 5) is 15.8. The van der Waals surface area contributed by atoms with Crippen molar-refractivity contribution in [3.63, 3.8) is 0 Å². The first-order valence-corrected chi connectivity index (χ1v) is 5.63. The highest BCUT2D eigenvalue weighted by atomic mass is 35.5. The second-order valence-electron chi connectivity index (χ2n) is 3.74. The van der Waals surface area contributed by atoms with Gasteiger partial charge in [-0.1, -0.05) is 23.7 Å². The third-order valence-corrected chi connectivity index (χ3v) is 2.80. The number of halogens is 2. The minimum atomic E-state index is -0.485. The molecule has 0 aliphatic carbocycles. The Labute approximate surface area is 109 Å². The molecule has 92 valence electrons. The van der Waals surface area contributed by atoms with Gasteiger partial charge in [0, 0.05) is 12.4 Å². The van der Waals surface area contributed by atoms with Crippen LogP contribution in [-0.4, -0.2) is 10.9 Å². The summed E-state index contributed by atoms with van der Waals surface area (Å²) in [5.74, 6) is -0.968. The lowest BCUT2D eigenvalue weighted by atomic mass is 10.2. The smallest absolute Gasteiger partial charge is 0.258 e. The Bertz CT molecular complexity index is 581. The molecular formula is C13H10ClFN2O. The third kappa shape index (κ3) is 2.49. The summed E-state index contributed by atoms with van der Waals surface area (Å²) in [5.41, 5.74) is 1.01. The van der Waals surface area contributed by atoms with Gasteiger partial charge in [0.15, 0.2) is 0 Å². The van der Waals surface area contributed by atoms with Crippen LogP contribution in [-0.2, 0) is 0 Å². The van der Waals surface area contributed by atoms with Crippen molar-refractivity contribution >= 4 is 23.2 Å². The predicted octanol–water partition coefficient (Wildman–Crippen LogP) is 3.43. The molecule has 5 heteroatoms. The van der Waals surface area contributed by atoms with Crippen LogP contribution >= 0.6 is 11.6 Å². The van der Waals surface area contributed by atoms with Crippen LogP contribution in [0.15, 0.2) is 36.7 Å². The molecule has 0 unspecified atom stereocenters. The average molecular weight is 265 g/mol. The maximum atomic E-state index is 13.6. The van der Waals surface area contributed by atoms with E-state index in [1.54, 1.807) is 19.1 Å². The van der Waals surface area contributed by atoms with Crippen LogP contribution in [0.25, 0.3) is 0 Å².